The van der Waals surface area contributed by atoms with Crippen LogP contribution in [-0.2, 0) is 11.3 Å². The minimum absolute atomic E-state index is 0.156. The Balaban J connectivity index is 1.83. The van der Waals surface area contributed by atoms with Gasteiger partial charge in [0, 0.05) is 17.4 Å². The second-order valence-electron chi connectivity index (χ2n) is 4.91. The molecule has 1 atom stereocenters. The van der Waals surface area contributed by atoms with Crippen LogP contribution in [-0.4, -0.2) is 19.0 Å². The Morgan fingerprint density at radius 2 is 2.39 bits per heavy atom. The van der Waals surface area contributed by atoms with Crippen LogP contribution in [0.5, 0.6) is 0 Å². The Morgan fingerprint density at radius 1 is 1.56 bits per heavy atom. The fourth-order valence-corrected chi connectivity index (χ4v) is 2.66. The molecule has 1 aliphatic heterocycles. The van der Waals surface area contributed by atoms with Gasteiger partial charge < -0.3 is 10.6 Å². The van der Waals surface area contributed by atoms with Crippen molar-refractivity contribution in [2.75, 3.05) is 13.1 Å². The molecule has 3 nitrogen and oxygen atoms in total. The van der Waals surface area contributed by atoms with E-state index in [0.29, 0.717) is 18.9 Å². The van der Waals surface area contributed by atoms with Crippen LogP contribution in [0.1, 0.15) is 24.0 Å². The maximum absolute atomic E-state index is 11.8. The summed E-state index contributed by atoms with van der Waals surface area (Å²) in [4.78, 5) is 11.8. The van der Waals surface area contributed by atoms with Gasteiger partial charge in [0.15, 0.2) is 0 Å². The molecule has 0 aromatic heterocycles. The number of benzene rings is 1. The molecule has 0 bridgehead atoms. The number of rotatable bonds is 4. The minimum atomic E-state index is 0.156. The number of carbonyl (C=O) groups is 1. The fraction of sp³-hybridized carbons (Fsp3) is 0.500. The van der Waals surface area contributed by atoms with Crippen LogP contribution in [0, 0.1) is 12.8 Å². The standard InChI is InChI=1S/C14H19BrN2O/c1-10-2-3-13(15)7-12(10)9-17-14(18)6-11-4-5-16-8-11/h2-3,7,11,16H,4-6,8-9H2,1H3,(H,17,18). The lowest BCUT2D eigenvalue weighted by Gasteiger charge is -2.11. The van der Waals surface area contributed by atoms with Gasteiger partial charge >= 0.3 is 0 Å². The molecular weight excluding hydrogens is 292 g/mol. The van der Waals surface area contributed by atoms with Gasteiger partial charge in [-0.1, -0.05) is 22.0 Å². The van der Waals surface area contributed by atoms with Crippen LogP contribution in [0.4, 0.5) is 0 Å². The minimum Gasteiger partial charge on any atom is -0.352 e. The van der Waals surface area contributed by atoms with Crippen LogP contribution in [0.15, 0.2) is 22.7 Å². The molecule has 0 radical (unpaired) electrons. The normalized spacial score (nSPS) is 18.9. The first-order valence-corrected chi connectivity index (χ1v) is 7.17. The molecule has 2 N–H and O–H groups in total. The number of carbonyl (C=O) groups excluding carboxylic acids is 1. The molecule has 0 aliphatic carbocycles. The molecule has 18 heavy (non-hydrogen) atoms. The number of hydrogen-bond acceptors (Lipinski definition) is 2. The SMILES string of the molecule is Cc1ccc(Br)cc1CNC(=O)CC1CCNC1. The first-order chi connectivity index (χ1) is 8.65. The summed E-state index contributed by atoms with van der Waals surface area (Å²) in [6.45, 7) is 4.70. The molecule has 1 amide bonds. The van der Waals surface area contributed by atoms with E-state index in [4.69, 9.17) is 0 Å². The van der Waals surface area contributed by atoms with Crippen molar-refractivity contribution in [3.05, 3.63) is 33.8 Å². The molecule has 2 rings (SSSR count). The van der Waals surface area contributed by atoms with Crippen molar-refractivity contribution in [3.63, 3.8) is 0 Å². The van der Waals surface area contributed by atoms with E-state index in [1.165, 1.54) is 11.1 Å². The Morgan fingerprint density at radius 3 is 3.11 bits per heavy atom. The predicted molar refractivity (Wildman–Crippen MR) is 76.3 cm³/mol. The van der Waals surface area contributed by atoms with E-state index in [0.717, 1.165) is 24.0 Å². The van der Waals surface area contributed by atoms with Gasteiger partial charge in [0.05, 0.1) is 0 Å². The summed E-state index contributed by atoms with van der Waals surface area (Å²) in [7, 11) is 0. The van der Waals surface area contributed by atoms with E-state index in [2.05, 4.69) is 45.6 Å². The van der Waals surface area contributed by atoms with Crippen LogP contribution in [0.25, 0.3) is 0 Å². The van der Waals surface area contributed by atoms with E-state index >= 15 is 0 Å². The fourth-order valence-electron chi connectivity index (χ4n) is 2.25. The van der Waals surface area contributed by atoms with Crippen molar-refractivity contribution < 1.29 is 4.79 Å². The maximum Gasteiger partial charge on any atom is 0.220 e. The van der Waals surface area contributed by atoms with Crippen molar-refractivity contribution in [1.29, 1.82) is 0 Å². The highest BCUT2D eigenvalue weighted by Gasteiger charge is 2.17. The highest BCUT2D eigenvalue weighted by atomic mass is 79.9. The van der Waals surface area contributed by atoms with E-state index in [-0.39, 0.29) is 5.91 Å². The van der Waals surface area contributed by atoms with Crippen molar-refractivity contribution in [3.8, 4) is 0 Å². The molecule has 1 aromatic carbocycles. The van der Waals surface area contributed by atoms with Crippen LogP contribution >= 0.6 is 15.9 Å². The molecule has 1 unspecified atom stereocenters. The van der Waals surface area contributed by atoms with Gasteiger partial charge in [-0.15, -0.1) is 0 Å². The summed E-state index contributed by atoms with van der Waals surface area (Å²) >= 11 is 3.45. The number of halogens is 1. The lowest BCUT2D eigenvalue weighted by atomic mass is 10.0. The third kappa shape index (κ3) is 3.82. The smallest absolute Gasteiger partial charge is 0.220 e. The molecule has 1 heterocycles. The highest BCUT2D eigenvalue weighted by Crippen LogP contribution is 2.16. The van der Waals surface area contributed by atoms with E-state index in [1.54, 1.807) is 0 Å². The van der Waals surface area contributed by atoms with Gasteiger partial charge in [0.1, 0.15) is 0 Å². The summed E-state index contributed by atoms with van der Waals surface area (Å²) in [6, 6.07) is 6.14. The molecule has 1 aromatic rings. The lowest BCUT2D eigenvalue weighted by molar-refractivity contribution is -0.122. The third-order valence-electron chi connectivity index (χ3n) is 3.42. The molecule has 1 aliphatic rings. The first-order valence-electron chi connectivity index (χ1n) is 6.37. The molecule has 0 saturated carbocycles. The molecule has 98 valence electrons. The molecule has 1 fully saturated rings. The number of amides is 1. The van der Waals surface area contributed by atoms with Crippen molar-refractivity contribution >= 4 is 21.8 Å². The maximum atomic E-state index is 11.8. The predicted octanol–water partition coefficient (Wildman–Crippen LogP) is 2.37. The number of aryl methyl sites for hydroxylation is 1. The second kappa shape index (κ2) is 6.34. The van der Waals surface area contributed by atoms with Crippen molar-refractivity contribution in [1.82, 2.24) is 10.6 Å². The molecule has 4 heteroatoms. The van der Waals surface area contributed by atoms with Crippen LogP contribution < -0.4 is 10.6 Å². The summed E-state index contributed by atoms with van der Waals surface area (Å²) in [5.74, 6) is 0.664. The zero-order chi connectivity index (χ0) is 13.0. The topological polar surface area (TPSA) is 41.1 Å². The number of hydrogen-bond donors (Lipinski definition) is 2. The molecule has 1 saturated heterocycles. The van der Waals surface area contributed by atoms with E-state index < -0.39 is 0 Å². The zero-order valence-corrected chi connectivity index (χ0v) is 12.2. The van der Waals surface area contributed by atoms with Gasteiger partial charge in [-0.2, -0.15) is 0 Å². The second-order valence-corrected chi connectivity index (χ2v) is 5.83. The summed E-state index contributed by atoms with van der Waals surface area (Å²) < 4.78 is 1.05. The zero-order valence-electron chi connectivity index (χ0n) is 10.6. The largest absolute Gasteiger partial charge is 0.352 e. The summed E-state index contributed by atoms with van der Waals surface area (Å²) in [5.41, 5.74) is 2.38. The van der Waals surface area contributed by atoms with Crippen molar-refractivity contribution in [2.24, 2.45) is 5.92 Å². The summed E-state index contributed by atoms with van der Waals surface area (Å²) in [5, 5.41) is 6.29. The third-order valence-corrected chi connectivity index (χ3v) is 3.92. The average molecular weight is 311 g/mol. The van der Waals surface area contributed by atoms with Gasteiger partial charge in [0.2, 0.25) is 5.91 Å². The van der Waals surface area contributed by atoms with E-state index in [1.807, 2.05) is 6.07 Å². The Labute approximate surface area is 116 Å². The van der Waals surface area contributed by atoms with Crippen molar-refractivity contribution in [2.45, 2.75) is 26.3 Å². The Bertz CT molecular complexity index is 428. The quantitative estimate of drug-likeness (QED) is 0.896. The van der Waals surface area contributed by atoms with E-state index in [9.17, 15) is 4.79 Å². The molecular formula is C14H19BrN2O. The Kier molecular flexibility index (Phi) is 4.78. The van der Waals surface area contributed by atoms with Gasteiger partial charge in [0.25, 0.3) is 0 Å². The molecule has 0 spiro atoms. The number of nitrogens with one attached hydrogen (secondary N) is 2. The van der Waals surface area contributed by atoms with Gasteiger partial charge in [-0.05, 0) is 55.6 Å². The average Bonchev–Trinajstić information content (AvgIpc) is 2.83. The first kappa shape index (κ1) is 13.6. The van der Waals surface area contributed by atoms with Crippen LogP contribution in [0.3, 0.4) is 0 Å². The highest BCUT2D eigenvalue weighted by molar-refractivity contribution is 9.10. The lowest BCUT2D eigenvalue weighted by Crippen LogP contribution is -2.26. The monoisotopic (exact) mass is 310 g/mol. The van der Waals surface area contributed by atoms with Crippen LogP contribution in [0.2, 0.25) is 0 Å². The Hall–Kier alpha value is -0.870. The van der Waals surface area contributed by atoms with Gasteiger partial charge in [-0.25, -0.2) is 0 Å². The summed E-state index contributed by atoms with van der Waals surface area (Å²) in [6.07, 6.45) is 1.75. The van der Waals surface area contributed by atoms with Gasteiger partial charge in [-0.3, -0.25) is 4.79 Å².